The van der Waals surface area contributed by atoms with Gasteiger partial charge in [-0.25, -0.2) is 0 Å². The second-order valence-corrected chi connectivity index (χ2v) is 5.71. The van der Waals surface area contributed by atoms with Crippen LogP contribution in [0, 0.1) is 0 Å². The van der Waals surface area contributed by atoms with Crippen LogP contribution < -0.4 is 10.5 Å². The molecule has 0 bridgehead atoms. The Morgan fingerprint density at radius 1 is 1.53 bits per heavy atom. The molecule has 0 aromatic heterocycles. The van der Waals surface area contributed by atoms with Crippen molar-refractivity contribution < 1.29 is 14.6 Å². The Morgan fingerprint density at radius 3 is 2.84 bits per heavy atom. The average Bonchev–Trinajstić information content (AvgIpc) is 2.36. The van der Waals surface area contributed by atoms with E-state index in [0.29, 0.717) is 5.75 Å². The Labute approximate surface area is 121 Å². The van der Waals surface area contributed by atoms with Crippen LogP contribution in [0.2, 0.25) is 0 Å². The highest BCUT2D eigenvalue weighted by Crippen LogP contribution is 2.40. The molecule has 0 saturated carbocycles. The summed E-state index contributed by atoms with van der Waals surface area (Å²) in [5.41, 5.74) is 9.38. The first-order valence-electron chi connectivity index (χ1n) is 6.40. The minimum Gasteiger partial charge on any atom is -0.495 e. The molecule has 0 saturated heterocycles. The third-order valence-corrected chi connectivity index (χ3v) is 4.16. The molecule has 0 fully saturated rings. The second kappa shape index (κ2) is 5.92. The number of hydrogen-bond acceptors (Lipinski definition) is 3. The quantitative estimate of drug-likeness (QED) is 0.891. The molecule has 1 aliphatic carbocycles. The maximum absolute atomic E-state index is 10.9. The second-order valence-electron chi connectivity index (χ2n) is 4.85. The van der Waals surface area contributed by atoms with E-state index in [4.69, 9.17) is 15.6 Å². The van der Waals surface area contributed by atoms with Crippen molar-refractivity contribution in [2.45, 2.75) is 38.1 Å². The first kappa shape index (κ1) is 14.3. The minimum atomic E-state index is -0.890. The number of hydrogen-bond donors (Lipinski definition) is 2. The molecule has 4 nitrogen and oxygen atoms in total. The lowest BCUT2D eigenvalue weighted by Gasteiger charge is -2.25. The largest absolute Gasteiger partial charge is 0.495 e. The molecule has 19 heavy (non-hydrogen) atoms. The van der Waals surface area contributed by atoms with Crippen molar-refractivity contribution >= 4 is 21.9 Å². The van der Waals surface area contributed by atoms with Crippen LogP contribution in [0.4, 0.5) is 0 Å². The number of aryl methyl sites for hydroxylation is 1. The summed E-state index contributed by atoms with van der Waals surface area (Å²) in [5.74, 6) is -0.214. The zero-order valence-electron chi connectivity index (χ0n) is 10.9. The first-order valence-corrected chi connectivity index (χ1v) is 7.19. The molecule has 1 aromatic carbocycles. The number of carbonyl (C=O) groups is 1. The predicted molar refractivity (Wildman–Crippen MR) is 76.5 cm³/mol. The first-order chi connectivity index (χ1) is 9.04. The molecule has 2 rings (SSSR count). The molecule has 104 valence electrons. The van der Waals surface area contributed by atoms with Crippen LogP contribution in [-0.4, -0.2) is 18.2 Å². The van der Waals surface area contributed by atoms with Crippen LogP contribution in [0.1, 0.15) is 42.0 Å². The number of nitrogens with two attached hydrogens (primary N) is 1. The van der Waals surface area contributed by atoms with Gasteiger partial charge in [-0.1, -0.05) is 0 Å². The van der Waals surface area contributed by atoms with Crippen molar-refractivity contribution in [1.29, 1.82) is 0 Å². The van der Waals surface area contributed by atoms with Gasteiger partial charge in [0.2, 0.25) is 0 Å². The van der Waals surface area contributed by atoms with E-state index in [2.05, 4.69) is 22.0 Å². The number of methoxy groups -OCH3 is 1. The Hall–Kier alpha value is -1.07. The number of ether oxygens (including phenoxy) is 1. The van der Waals surface area contributed by atoms with Crippen LogP contribution in [0.5, 0.6) is 5.75 Å². The van der Waals surface area contributed by atoms with Crippen LogP contribution in [0.15, 0.2) is 10.5 Å². The smallest absolute Gasteiger partial charge is 0.305 e. The maximum Gasteiger partial charge on any atom is 0.305 e. The minimum absolute atomic E-state index is 0.0841. The maximum atomic E-state index is 10.9. The molecule has 0 amide bonds. The summed E-state index contributed by atoms with van der Waals surface area (Å²) in [7, 11) is 1.59. The summed E-state index contributed by atoms with van der Waals surface area (Å²) in [6, 6.07) is 1.54. The van der Waals surface area contributed by atoms with Crippen molar-refractivity contribution in [3.8, 4) is 5.75 Å². The number of carboxylic acids is 1. The number of carboxylic acid groups (broad SMARTS) is 1. The van der Waals surface area contributed by atoms with Crippen molar-refractivity contribution in [3.63, 3.8) is 0 Å². The van der Waals surface area contributed by atoms with Gasteiger partial charge in [0.15, 0.2) is 0 Å². The highest BCUT2D eigenvalue weighted by atomic mass is 79.9. The van der Waals surface area contributed by atoms with E-state index in [9.17, 15) is 4.79 Å². The lowest BCUT2D eigenvalue weighted by atomic mass is 9.85. The van der Waals surface area contributed by atoms with Crippen LogP contribution in [0.25, 0.3) is 0 Å². The van der Waals surface area contributed by atoms with Crippen LogP contribution >= 0.6 is 15.9 Å². The van der Waals surface area contributed by atoms with E-state index in [1.807, 2.05) is 0 Å². The van der Waals surface area contributed by atoms with E-state index in [-0.39, 0.29) is 6.42 Å². The highest BCUT2D eigenvalue weighted by Gasteiger charge is 2.25. The van der Waals surface area contributed by atoms with Gasteiger partial charge in [0.05, 0.1) is 18.0 Å². The Balaban J connectivity index is 2.54. The van der Waals surface area contributed by atoms with Gasteiger partial charge in [0.1, 0.15) is 5.75 Å². The number of benzene rings is 1. The zero-order valence-corrected chi connectivity index (χ0v) is 12.5. The van der Waals surface area contributed by atoms with Crippen LogP contribution in [-0.2, 0) is 17.6 Å². The number of fused-ring (bicyclic) bond motifs is 1. The number of aliphatic carboxylic acids is 1. The van der Waals surface area contributed by atoms with Crippen molar-refractivity contribution in [2.24, 2.45) is 5.73 Å². The van der Waals surface area contributed by atoms with Gasteiger partial charge < -0.3 is 15.6 Å². The Bertz CT molecular complexity index is 502. The molecule has 0 aliphatic heterocycles. The van der Waals surface area contributed by atoms with E-state index < -0.39 is 12.0 Å². The van der Waals surface area contributed by atoms with Crippen molar-refractivity contribution in [3.05, 3.63) is 27.2 Å². The predicted octanol–water partition coefficient (Wildman–Crippen LogP) is 2.81. The fourth-order valence-electron chi connectivity index (χ4n) is 2.77. The van der Waals surface area contributed by atoms with E-state index in [0.717, 1.165) is 29.3 Å². The molecular weight excluding hydrogens is 310 g/mol. The van der Waals surface area contributed by atoms with Crippen molar-refractivity contribution in [2.75, 3.05) is 7.11 Å². The third kappa shape index (κ3) is 2.92. The Kier molecular flexibility index (Phi) is 4.47. The van der Waals surface area contributed by atoms with Gasteiger partial charge in [-0.3, -0.25) is 4.79 Å². The highest BCUT2D eigenvalue weighted by molar-refractivity contribution is 9.10. The molecule has 1 unspecified atom stereocenters. The summed E-state index contributed by atoms with van der Waals surface area (Å²) in [5, 5.41) is 8.95. The van der Waals surface area contributed by atoms with E-state index in [1.165, 1.54) is 17.5 Å². The van der Waals surface area contributed by atoms with Gasteiger partial charge >= 0.3 is 5.97 Å². The van der Waals surface area contributed by atoms with Gasteiger partial charge in [0.25, 0.3) is 0 Å². The lowest BCUT2D eigenvalue weighted by Crippen LogP contribution is -2.20. The molecule has 0 radical (unpaired) electrons. The molecule has 1 aromatic rings. The molecule has 3 N–H and O–H groups in total. The molecule has 0 spiro atoms. The molecule has 0 heterocycles. The van der Waals surface area contributed by atoms with Crippen molar-refractivity contribution in [1.82, 2.24) is 0 Å². The topological polar surface area (TPSA) is 72.5 Å². The lowest BCUT2D eigenvalue weighted by molar-refractivity contribution is -0.137. The molecule has 5 heteroatoms. The fraction of sp³-hybridized carbons (Fsp3) is 0.500. The molecule has 1 atom stereocenters. The van der Waals surface area contributed by atoms with Gasteiger partial charge in [-0.05, 0) is 58.8 Å². The monoisotopic (exact) mass is 327 g/mol. The third-order valence-electron chi connectivity index (χ3n) is 3.57. The molecular formula is C14H18BrNO3. The number of rotatable bonds is 4. The summed E-state index contributed by atoms with van der Waals surface area (Å²) in [6.45, 7) is 0. The Morgan fingerprint density at radius 2 is 2.21 bits per heavy atom. The SMILES string of the molecule is COc1c(Br)cc2c(c1C(N)CC(=O)O)CCCC2. The summed E-state index contributed by atoms with van der Waals surface area (Å²) in [4.78, 5) is 10.9. The van der Waals surface area contributed by atoms with Gasteiger partial charge in [0, 0.05) is 11.6 Å². The zero-order chi connectivity index (χ0) is 14.0. The normalized spacial score (nSPS) is 15.7. The average molecular weight is 328 g/mol. The number of halogens is 1. The summed E-state index contributed by atoms with van der Waals surface area (Å²) < 4.78 is 6.28. The van der Waals surface area contributed by atoms with E-state index >= 15 is 0 Å². The van der Waals surface area contributed by atoms with Crippen LogP contribution in [0.3, 0.4) is 0 Å². The van der Waals surface area contributed by atoms with E-state index in [1.54, 1.807) is 7.11 Å². The van der Waals surface area contributed by atoms with Gasteiger partial charge in [-0.2, -0.15) is 0 Å². The molecule has 1 aliphatic rings. The summed E-state index contributed by atoms with van der Waals surface area (Å²) >= 11 is 3.49. The standard InChI is InChI=1S/C14H18BrNO3/c1-19-14-10(15)6-8-4-2-3-5-9(8)13(14)11(16)7-12(17)18/h6,11H,2-5,7,16H2,1H3,(H,17,18). The summed E-state index contributed by atoms with van der Waals surface area (Å²) in [6.07, 6.45) is 4.16. The fourth-order valence-corrected chi connectivity index (χ4v) is 3.42. The van der Waals surface area contributed by atoms with Gasteiger partial charge in [-0.15, -0.1) is 0 Å².